The van der Waals surface area contributed by atoms with Gasteiger partial charge in [-0.25, -0.2) is 0 Å². The summed E-state index contributed by atoms with van der Waals surface area (Å²) in [6, 6.07) is 4.92. The lowest BCUT2D eigenvalue weighted by atomic mass is 10.1. The van der Waals surface area contributed by atoms with E-state index < -0.39 is 0 Å². The molecule has 2 aromatic rings. The van der Waals surface area contributed by atoms with Crippen LogP contribution < -0.4 is 5.32 Å². The highest BCUT2D eigenvalue weighted by Crippen LogP contribution is 2.23. The van der Waals surface area contributed by atoms with Gasteiger partial charge in [0.25, 0.3) is 0 Å². The van der Waals surface area contributed by atoms with Gasteiger partial charge in [0.15, 0.2) is 0 Å². The zero-order chi connectivity index (χ0) is 13.0. The van der Waals surface area contributed by atoms with Crippen LogP contribution in [0, 0.1) is 12.3 Å². The zero-order valence-electron chi connectivity index (χ0n) is 10.8. The quantitative estimate of drug-likeness (QED) is 0.826. The molecule has 1 N–H and O–H groups in total. The standard InChI is InChI=1S/C15H18N2S/c1-4-6-13(5-2)17-11(3)12-9-15-14(16-10-12)7-8-18-15/h1,7-11,13,17H,5-6H2,2-3H3. The molecular weight excluding hydrogens is 240 g/mol. The number of pyridine rings is 1. The molecule has 2 nitrogen and oxygen atoms in total. The van der Waals surface area contributed by atoms with Crippen LogP contribution in [-0.4, -0.2) is 11.0 Å². The Hall–Kier alpha value is -1.37. The third kappa shape index (κ3) is 2.90. The van der Waals surface area contributed by atoms with Gasteiger partial charge in [0, 0.05) is 24.7 Å². The summed E-state index contributed by atoms with van der Waals surface area (Å²) in [5, 5.41) is 5.64. The van der Waals surface area contributed by atoms with E-state index in [1.165, 1.54) is 10.3 Å². The molecule has 18 heavy (non-hydrogen) atoms. The SMILES string of the molecule is C#CCC(CC)NC(C)c1cnc2ccsc2c1. The Balaban J connectivity index is 2.12. The number of fused-ring (bicyclic) bond motifs is 1. The summed E-state index contributed by atoms with van der Waals surface area (Å²) in [7, 11) is 0. The van der Waals surface area contributed by atoms with Crippen molar-refractivity contribution in [1.82, 2.24) is 10.3 Å². The largest absolute Gasteiger partial charge is 0.306 e. The van der Waals surface area contributed by atoms with E-state index in [0.717, 1.165) is 18.4 Å². The second-order valence-corrected chi connectivity index (χ2v) is 5.42. The topological polar surface area (TPSA) is 24.9 Å². The predicted molar refractivity (Wildman–Crippen MR) is 78.7 cm³/mol. The van der Waals surface area contributed by atoms with Crippen molar-refractivity contribution in [3.8, 4) is 12.3 Å². The first-order valence-electron chi connectivity index (χ1n) is 6.27. The number of nitrogens with zero attached hydrogens (tertiary/aromatic N) is 1. The number of thiophene rings is 1. The Morgan fingerprint density at radius 2 is 2.39 bits per heavy atom. The van der Waals surface area contributed by atoms with Crippen LogP contribution in [-0.2, 0) is 0 Å². The third-order valence-electron chi connectivity index (χ3n) is 3.17. The van der Waals surface area contributed by atoms with Crippen LogP contribution in [0.1, 0.15) is 38.3 Å². The van der Waals surface area contributed by atoms with Crippen molar-refractivity contribution in [3.63, 3.8) is 0 Å². The van der Waals surface area contributed by atoms with E-state index in [1.54, 1.807) is 11.3 Å². The van der Waals surface area contributed by atoms with E-state index in [0.29, 0.717) is 6.04 Å². The van der Waals surface area contributed by atoms with Crippen LogP contribution in [0.5, 0.6) is 0 Å². The first-order chi connectivity index (χ1) is 8.74. The van der Waals surface area contributed by atoms with Gasteiger partial charge in [-0.15, -0.1) is 23.7 Å². The lowest BCUT2D eigenvalue weighted by molar-refractivity contribution is 0.449. The third-order valence-corrected chi connectivity index (χ3v) is 4.02. The maximum absolute atomic E-state index is 5.38. The Labute approximate surface area is 112 Å². The molecule has 0 fully saturated rings. The fraction of sp³-hybridized carbons (Fsp3) is 0.400. The molecule has 0 spiro atoms. The molecule has 94 valence electrons. The lowest BCUT2D eigenvalue weighted by Crippen LogP contribution is -2.30. The molecule has 2 heterocycles. The van der Waals surface area contributed by atoms with Crippen molar-refractivity contribution < 1.29 is 0 Å². The molecule has 2 atom stereocenters. The molecule has 0 aliphatic carbocycles. The molecule has 0 aliphatic rings. The Bertz CT molecular complexity index is 553. The molecular formula is C15H18N2S. The molecule has 0 radical (unpaired) electrons. The Morgan fingerprint density at radius 1 is 1.56 bits per heavy atom. The molecule has 0 saturated carbocycles. The average Bonchev–Trinajstić information content (AvgIpc) is 2.85. The zero-order valence-corrected chi connectivity index (χ0v) is 11.6. The number of hydrogen-bond donors (Lipinski definition) is 1. The average molecular weight is 258 g/mol. The summed E-state index contributed by atoms with van der Waals surface area (Å²) >= 11 is 1.73. The number of aromatic nitrogens is 1. The Kier molecular flexibility index (Phi) is 4.35. The van der Waals surface area contributed by atoms with Gasteiger partial charge in [0.05, 0.1) is 10.2 Å². The summed E-state index contributed by atoms with van der Waals surface area (Å²) < 4.78 is 1.24. The maximum Gasteiger partial charge on any atom is 0.0809 e. The molecule has 2 aromatic heterocycles. The highest BCUT2D eigenvalue weighted by atomic mass is 32.1. The number of terminal acetylenes is 1. The van der Waals surface area contributed by atoms with E-state index in [4.69, 9.17) is 6.42 Å². The Morgan fingerprint density at radius 3 is 3.11 bits per heavy atom. The highest BCUT2D eigenvalue weighted by molar-refractivity contribution is 7.17. The van der Waals surface area contributed by atoms with Crippen LogP contribution in [0.3, 0.4) is 0 Å². The first-order valence-corrected chi connectivity index (χ1v) is 7.15. The molecule has 0 bridgehead atoms. The second-order valence-electron chi connectivity index (χ2n) is 4.47. The van der Waals surface area contributed by atoms with E-state index in [2.05, 4.69) is 47.6 Å². The van der Waals surface area contributed by atoms with Crippen molar-refractivity contribution in [2.75, 3.05) is 0 Å². The van der Waals surface area contributed by atoms with Crippen LogP contribution in [0.4, 0.5) is 0 Å². The highest BCUT2D eigenvalue weighted by Gasteiger charge is 2.12. The molecule has 2 unspecified atom stereocenters. The first kappa shape index (κ1) is 13.1. The van der Waals surface area contributed by atoms with Crippen LogP contribution in [0.15, 0.2) is 23.7 Å². The van der Waals surface area contributed by atoms with Crippen molar-refractivity contribution in [3.05, 3.63) is 29.3 Å². The molecule has 0 aliphatic heterocycles. The van der Waals surface area contributed by atoms with Crippen molar-refractivity contribution in [2.45, 2.75) is 38.8 Å². The van der Waals surface area contributed by atoms with Gasteiger partial charge < -0.3 is 5.32 Å². The fourth-order valence-electron chi connectivity index (χ4n) is 2.01. The normalized spacial score (nSPS) is 14.3. The number of nitrogens with one attached hydrogen (secondary N) is 1. The summed E-state index contributed by atoms with van der Waals surface area (Å²) in [6.07, 6.45) is 9.15. The van der Waals surface area contributed by atoms with Crippen molar-refractivity contribution >= 4 is 21.6 Å². The molecule has 3 heteroatoms. The maximum atomic E-state index is 5.38. The second kappa shape index (κ2) is 5.99. The number of rotatable bonds is 5. The van der Waals surface area contributed by atoms with Gasteiger partial charge >= 0.3 is 0 Å². The van der Waals surface area contributed by atoms with E-state index >= 15 is 0 Å². The van der Waals surface area contributed by atoms with Gasteiger partial charge in [-0.1, -0.05) is 6.92 Å². The summed E-state index contributed by atoms with van der Waals surface area (Å²) in [5.41, 5.74) is 2.30. The molecule has 0 aromatic carbocycles. The van der Waals surface area contributed by atoms with Crippen LogP contribution in [0.2, 0.25) is 0 Å². The lowest BCUT2D eigenvalue weighted by Gasteiger charge is -2.20. The minimum atomic E-state index is 0.280. The van der Waals surface area contributed by atoms with Gasteiger partial charge in [0.2, 0.25) is 0 Å². The van der Waals surface area contributed by atoms with Gasteiger partial charge in [-0.3, -0.25) is 4.98 Å². The number of hydrogen-bond acceptors (Lipinski definition) is 3. The molecule has 0 amide bonds. The van der Waals surface area contributed by atoms with E-state index in [-0.39, 0.29) is 6.04 Å². The van der Waals surface area contributed by atoms with Gasteiger partial charge in [-0.05, 0) is 36.4 Å². The van der Waals surface area contributed by atoms with Crippen molar-refractivity contribution in [2.24, 2.45) is 0 Å². The molecule has 2 rings (SSSR count). The minimum absolute atomic E-state index is 0.280. The smallest absolute Gasteiger partial charge is 0.0809 e. The van der Waals surface area contributed by atoms with Crippen LogP contribution >= 0.6 is 11.3 Å². The fourth-order valence-corrected chi connectivity index (χ4v) is 2.80. The monoisotopic (exact) mass is 258 g/mol. The van der Waals surface area contributed by atoms with E-state index in [9.17, 15) is 0 Å². The summed E-state index contributed by atoms with van der Waals surface area (Å²) in [6.45, 7) is 4.32. The summed E-state index contributed by atoms with van der Waals surface area (Å²) in [4.78, 5) is 4.47. The van der Waals surface area contributed by atoms with E-state index in [1.807, 2.05) is 6.20 Å². The molecule has 0 saturated heterocycles. The van der Waals surface area contributed by atoms with Crippen LogP contribution in [0.25, 0.3) is 10.2 Å². The minimum Gasteiger partial charge on any atom is -0.306 e. The van der Waals surface area contributed by atoms with Crippen molar-refractivity contribution in [1.29, 1.82) is 0 Å². The summed E-state index contributed by atoms with van der Waals surface area (Å²) in [5.74, 6) is 2.72. The predicted octanol–water partition coefficient (Wildman–Crippen LogP) is 3.75. The van der Waals surface area contributed by atoms with Gasteiger partial charge in [-0.2, -0.15) is 0 Å². The van der Waals surface area contributed by atoms with Gasteiger partial charge in [0.1, 0.15) is 0 Å².